The van der Waals surface area contributed by atoms with E-state index >= 15 is 0 Å². The van der Waals surface area contributed by atoms with Crippen molar-refractivity contribution >= 4 is 17.3 Å². The van der Waals surface area contributed by atoms with Gasteiger partial charge >= 0.3 is 0 Å². The van der Waals surface area contributed by atoms with E-state index < -0.39 is 4.92 Å². The zero-order valence-corrected chi connectivity index (χ0v) is 15.1. The van der Waals surface area contributed by atoms with Gasteiger partial charge in [0.15, 0.2) is 0 Å². The molecular formula is C19H23N5O3. The highest BCUT2D eigenvalue weighted by atomic mass is 16.6. The summed E-state index contributed by atoms with van der Waals surface area (Å²) in [5, 5.41) is 17.5. The number of nitrogens with two attached hydrogens (primary N) is 1. The number of nitrogens with zero attached hydrogens (tertiary/aromatic N) is 2. The number of nitro groups is 1. The van der Waals surface area contributed by atoms with Gasteiger partial charge in [-0.25, -0.2) is 0 Å². The van der Waals surface area contributed by atoms with Gasteiger partial charge in [0.2, 0.25) is 0 Å². The number of anilines is 1. The molecule has 0 saturated heterocycles. The lowest BCUT2D eigenvalue weighted by Crippen LogP contribution is -2.41. The first kappa shape index (κ1) is 18.8. The lowest BCUT2D eigenvalue weighted by Gasteiger charge is -2.17. The third-order valence-electron chi connectivity index (χ3n) is 4.72. The maximum Gasteiger partial charge on any atom is 0.293 e. The van der Waals surface area contributed by atoms with E-state index in [1.54, 1.807) is 18.3 Å². The second-order valence-electron chi connectivity index (χ2n) is 6.76. The quantitative estimate of drug-likeness (QED) is 0.485. The van der Waals surface area contributed by atoms with Crippen LogP contribution >= 0.6 is 0 Å². The molecule has 2 atom stereocenters. The zero-order chi connectivity index (χ0) is 19.4. The smallest absolute Gasteiger partial charge is 0.293 e. The van der Waals surface area contributed by atoms with Gasteiger partial charge in [-0.15, -0.1) is 0 Å². The highest BCUT2D eigenvalue weighted by Gasteiger charge is 2.31. The molecule has 27 heavy (non-hydrogen) atoms. The highest BCUT2D eigenvalue weighted by molar-refractivity contribution is 5.96. The van der Waals surface area contributed by atoms with Crippen LogP contribution in [-0.4, -0.2) is 28.4 Å². The summed E-state index contributed by atoms with van der Waals surface area (Å²) in [5.41, 5.74) is 6.92. The van der Waals surface area contributed by atoms with Crippen LogP contribution in [-0.2, 0) is 0 Å². The van der Waals surface area contributed by atoms with Crippen molar-refractivity contribution in [3.05, 3.63) is 64.0 Å². The molecule has 1 aliphatic rings. The molecule has 8 nitrogen and oxygen atoms in total. The summed E-state index contributed by atoms with van der Waals surface area (Å²) in [7, 11) is 0. The molecule has 4 N–H and O–H groups in total. The molecule has 0 aliphatic heterocycles. The molecule has 2 unspecified atom stereocenters. The molecule has 2 aromatic rings. The number of amides is 1. The molecule has 3 rings (SSSR count). The maximum atomic E-state index is 12.5. The van der Waals surface area contributed by atoms with Crippen LogP contribution in [0.25, 0.3) is 0 Å². The summed E-state index contributed by atoms with van der Waals surface area (Å²) in [6, 6.07) is 9.63. The van der Waals surface area contributed by atoms with Gasteiger partial charge in [-0.3, -0.25) is 19.9 Å². The van der Waals surface area contributed by atoms with Crippen molar-refractivity contribution in [1.29, 1.82) is 0 Å². The maximum absolute atomic E-state index is 12.5. The molecule has 0 bridgehead atoms. The molecule has 1 heterocycles. The van der Waals surface area contributed by atoms with Crippen molar-refractivity contribution in [3.8, 4) is 0 Å². The van der Waals surface area contributed by atoms with Crippen molar-refractivity contribution in [2.75, 3.05) is 11.9 Å². The third-order valence-corrected chi connectivity index (χ3v) is 4.72. The molecule has 1 amide bonds. The van der Waals surface area contributed by atoms with Crippen LogP contribution in [0.2, 0.25) is 0 Å². The summed E-state index contributed by atoms with van der Waals surface area (Å²) >= 11 is 0. The molecule has 1 aromatic carbocycles. The van der Waals surface area contributed by atoms with Crippen molar-refractivity contribution in [2.24, 2.45) is 11.7 Å². The van der Waals surface area contributed by atoms with Crippen molar-refractivity contribution in [1.82, 2.24) is 10.3 Å². The summed E-state index contributed by atoms with van der Waals surface area (Å²) in [4.78, 5) is 27.7. The van der Waals surface area contributed by atoms with E-state index in [0.717, 1.165) is 18.5 Å². The number of carbonyl (C=O) groups excluding carboxylic acids is 1. The molecule has 0 radical (unpaired) electrons. The molecule has 1 saturated carbocycles. The fourth-order valence-electron chi connectivity index (χ4n) is 3.00. The minimum absolute atomic E-state index is 0.0847. The number of nitrogens with one attached hydrogen (secondary N) is 2. The van der Waals surface area contributed by atoms with E-state index in [0.29, 0.717) is 18.2 Å². The van der Waals surface area contributed by atoms with E-state index in [-0.39, 0.29) is 29.2 Å². The summed E-state index contributed by atoms with van der Waals surface area (Å²) < 4.78 is 0. The van der Waals surface area contributed by atoms with Crippen molar-refractivity contribution < 1.29 is 9.72 Å². The van der Waals surface area contributed by atoms with E-state index in [1.807, 2.05) is 25.1 Å². The standard InChI is InChI=1S/C19H23N5O3/c1-12(15-4-2-3-9-21-15)22-16-8-7-14(10-18(16)24(26)27)19(25)23-17(11-20)13-5-6-13/h2-4,7-10,12-13,17,22H,5-6,11,20H2,1H3,(H,23,25). The molecule has 8 heteroatoms. The molecular weight excluding hydrogens is 346 g/mol. The number of nitro benzene ring substituents is 1. The van der Waals surface area contributed by atoms with Crippen molar-refractivity contribution in [2.45, 2.75) is 31.8 Å². The molecule has 142 valence electrons. The minimum Gasteiger partial charge on any atom is -0.371 e. The number of rotatable bonds is 8. The predicted molar refractivity (Wildman–Crippen MR) is 102 cm³/mol. The van der Waals surface area contributed by atoms with Crippen LogP contribution in [0.4, 0.5) is 11.4 Å². The Morgan fingerprint density at radius 3 is 2.74 bits per heavy atom. The van der Waals surface area contributed by atoms with E-state index in [4.69, 9.17) is 5.73 Å². The number of aromatic nitrogens is 1. The normalized spacial score (nSPS) is 15.6. The van der Waals surface area contributed by atoms with E-state index in [1.165, 1.54) is 6.07 Å². The third kappa shape index (κ3) is 4.59. The Hall–Kier alpha value is -3.00. The predicted octanol–water partition coefficient (Wildman–Crippen LogP) is 2.63. The van der Waals surface area contributed by atoms with Crippen LogP contribution in [0.5, 0.6) is 0 Å². The van der Waals surface area contributed by atoms with Gasteiger partial charge in [-0.1, -0.05) is 6.07 Å². The van der Waals surface area contributed by atoms with Gasteiger partial charge in [0, 0.05) is 30.4 Å². The summed E-state index contributed by atoms with van der Waals surface area (Å²) in [6.45, 7) is 2.23. The van der Waals surface area contributed by atoms with Gasteiger partial charge < -0.3 is 16.4 Å². The topological polar surface area (TPSA) is 123 Å². The Bertz CT molecular complexity index is 823. The average molecular weight is 369 g/mol. The average Bonchev–Trinajstić information content (AvgIpc) is 3.51. The molecule has 1 aromatic heterocycles. The van der Waals surface area contributed by atoms with Crippen LogP contribution in [0.1, 0.15) is 41.9 Å². The zero-order valence-electron chi connectivity index (χ0n) is 15.1. The number of hydrogen-bond donors (Lipinski definition) is 3. The molecule has 1 aliphatic carbocycles. The SMILES string of the molecule is CC(Nc1ccc(C(=O)NC(CN)C2CC2)cc1[N+](=O)[O-])c1ccccn1. The van der Waals surface area contributed by atoms with Crippen LogP contribution in [0.3, 0.4) is 0 Å². The molecule has 1 fully saturated rings. The van der Waals surface area contributed by atoms with E-state index in [2.05, 4.69) is 15.6 Å². The Kier molecular flexibility index (Phi) is 5.66. The Morgan fingerprint density at radius 2 is 2.15 bits per heavy atom. The Labute approximate surface area is 157 Å². The second kappa shape index (κ2) is 8.13. The van der Waals surface area contributed by atoms with Crippen molar-refractivity contribution in [3.63, 3.8) is 0 Å². The summed E-state index contributed by atoms with van der Waals surface area (Å²) in [5.74, 6) is 0.0684. The van der Waals surface area contributed by atoms with Gasteiger partial charge in [0.05, 0.1) is 16.7 Å². The number of benzene rings is 1. The van der Waals surface area contributed by atoms with Gasteiger partial charge in [0.25, 0.3) is 11.6 Å². The van der Waals surface area contributed by atoms with Crippen LogP contribution in [0.15, 0.2) is 42.6 Å². The fourth-order valence-corrected chi connectivity index (χ4v) is 3.00. The fraction of sp³-hybridized carbons (Fsp3) is 0.368. The monoisotopic (exact) mass is 369 g/mol. The largest absolute Gasteiger partial charge is 0.371 e. The Morgan fingerprint density at radius 1 is 1.37 bits per heavy atom. The second-order valence-corrected chi connectivity index (χ2v) is 6.76. The van der Waals surface area contributed by atoms with E-state index in [9.17, 15) is 14.9 Å². The van der Waals surface area contributed by atoms with Gasteiger partial charge in [-0.2, -0.15) is 0 Å². The lowest BCUT2D eigenvalue weighted by atomic mass is 10.1. The number of hydrogen-bond acceptors (Lipinski definition) is 6. The highest BCUT2D eigenvalue weighted by Crippen LogP contribution is 2.33. The first-order chi connectivity index (χ1) is 13.0. The lowest BCUT2D eigenvalue weighted by molar-refractivity contribution is -0.384. The number of carbonyl (C=O) groups is 1. The number of pyridine rings is 1. The van der Waals surface area contributed by atoms with Gasteiger partial charge in [0.1, 0.15) is 5.69 Å². The first-order valence-electron chi connectivity index (χ1n) is 8.96. The molecule has 0 spiro atoms. The first-order valence-corrected chi connectivity index (χ1v) is 8.96. The summed E-state index contributed by atoms with van der Waals surface area (Å²) in [6.07, 6.45) is 3.77. The van der Waals surface area contributed by atoms with Gasteiger partial charge in [-0.05, 0) is 49.9 Å². The minimum atomic E-state index is -0.494. The Balaban J connectivity index is 1.78. The van der Waals surface area contributed by atoms with Crippen LogP contribution in [0, 0.1) is 16.0 Å². The van der Waals surface area contributed by atoms with Crippen LogP contribution < -0.4 is 16.4 Å².